The smallest absolute Gasteiger partial charge is 0.244 e. The first kappa shape index (κ1) is 26.5. The van der Waals surface area contributed by atoms with Gasteiger partial charge in [0, 0.05) is 24.2 Å². The van der Waals surface area contributed by atoms with Gasteiger partial charge in [-0.15, -0.1) is 0 Å². The Morgan fingerprint density at radius 1 is 1.06 bits per heavy atom. The minimum absolute atomic E-state index is 0.0149. The zero-order chi connectivity index (χ0) is 24.8. The maximum atomic E-state index is 13.8. The van der Waals surface area contributed by atoms with Crippen molar-refractivity contribution in [2.24, 2.45) is 0 Å². The molecule has 0 aliphatic carbocycles. The molecule has 0 radical (unpaired) electrons. The summed E-state index contributed by atoms with van der Waals surface area (Å²) in [5.41, 5.74) is 0.469. The molecule has 0 unspecified atom stereocenters. The standard InChI is InChI=1S/C22H26ClF2N3O4S/c1-4-20(22(30)26-5-2)27(13-15-6-8-16(23)9-7-15)21(29)14-28(33(3,31)32)17-10-11-18(24)19(25)12-17/h6-12,20H,4-5,13-14H2,1-3H3,(H,26,30)/t20-/m1/s1. The number of amides is 2. The van der Waals surface area contributed by atoms with Crippen molar-refractivity contribution < 1.29 is 26.8 Å². The van der Waals surface area contributed by atoms with Crippen molar-refractivity contribution in [1.29, 1.82) is 0 Å². The summed E-state index contributed by atoms with van der Waals surface area (Å²) in [6, 6.07) is 8.33. The van der Waals surface area contributed by atoms with Crippen molar-refractivity contribution in [2.45, 2.75) is 32.9 Å². The predicted molar refractivity (Wildman–Crippen MR) is 123 cm³/mol. The van der Waals surface area contributed by atoms with Crippen molar-refractivity contribution in [3.63, 3.8) is 0 Å². The maximum absolute atomic E-state index is 13.8. The van der Waals surface area contributed by atoms with Crippen molar-refractivity contribution in [1.82, 2.24) is 10.2 Å². The third-order valence-electron chi connectivity index (χ3n) is 4.87. The molecule has 2 amide bonds. The lowest BCUT2D eigenvalue weighted by molar-refractivity contribution is -0.140. The molecular weight excluding hydrogens is 476 g/mol. The van der Waals surface area contributed by atoms with Crippen LogP contribution >= 0.6 is 11.6 Å². The zero-order valence-electron chi connectivity index (χ0n) is 18.5. The Morgan fingerprint density at radius 2 is 1.70 bits per heavy atom. The molecule has 2 rings (SSSR count). The monoisotopic (exact) mass is 501 g/mol. The number of nitrogens with one attached hydrogen (secondary N) is 1. The van der Waals surface area contributed by atoms with E-state index in [-0.39, 0.29) is 24.6 Å². The van der Waals surface area contributed by atoms with Gasteiger partial charge in [0.15, 0.2) is 11.6 Å². The summed E-state index contributed by atoms with van der Waals surface area (Å²) in [5.74, 6) is -3.47. The molecule has 0 aliphatic rings. The molecule has 0 spiro atoms. The van der Waals surface area contributed by atoms with Gasteiger partial charge in [-0.25, -0.2) is 17.2 Å². The van der Waals surface area contributed by atoms with Crippen LogP contribution in [0.3, 0.4) is 0 Å². The van der Waals surface area contributed by atoms with Crippen molar-refractivity contribution >= 4 is 39.1 Å². The summed E-state index contributed by atoms with van der Waals surface area (Å²) in [6.07, 6.45) is 1.13. The molecule has 0 fully saturated rings. The summed E-state index contributed by atoms with van der Waals surface area (Å²) in [6.45, 7) is 3.13. The Labute approximate surface area is 197 Å². The Hall–Kier alpha value is -2.72. The van der Waals surface area contributed by atoms with E-state index in [0.29, 0.717) is 27.5 Å². The van der Waals surface area contributed by atoms with Crippen LogP contribution in [0.4, 0.5) is 14.5 Å². The van der Waals surface area contributed by atoms with Gasteiger partial charge in [-0.3, -0.25) is 13.9 Å². The molecule has 2 aromatic carbocycles. The highest BCUT2D eigenvalue weighted by atomic mass is 35.5. The summed E-state index contributed by atoms with van der Waals surface area (Å²) in [5, 5.41) is 3.17. The Morgan fingerprint density at radius 3 is 2.21 bits per heavy atom. The number of anilines is 1. The van der Waals surface area contributed by atoms with Crippen molar-refractivity contribution in [3.8, 4) is 0 Å². The zero-order valence-corrected chi connectivity index (χ0v) is 20.1. The summed E-state index contributed by atoms with van der Waals surface area (Å²) in [7, 11) is -4.04. The van der Waals surface area contributed by atoms with Crippen LogP contribution in [0.2, 0.25) is 5.02 Å². The van der Waals surface area contributed by atoms with Crippen LogP contribution < -0.4 is 9.62 Å². The largest absolute Gasteiger partial charge is 0.355 e. The number of benzene rings is 2. The molecule has 0 heterocycles. The molecule has 180 valence electrons. The van der Waals surface area contributed by atoms with Crippen LogP contribution in [0.25, 0.3) is 0 Å². The van der Waals surface area contributed by atoms with E-state index in [9.17, 15) is 26.8 Å². The normalized spacial score (nSPS) is 12.2. The molecule has 0 bridgehead atoms. The van der Waals surface area contributed by atoms with Gasteiger partial charge in [0.1, 0.15) is 12.6 Å². The van der Waals surface area contributed by atoms with Gasteiger partial charge >= 0.3 is 0 Å². The first-order valence-corrected chi connectivity index (χ1v) is 12.4. The van der Waals surface area contributed by atoms with Gasteiger partial charge in [0.2, 0.25) is 21.8 Å². The number of halogens is 3. The average Bonchev–Trinajstić information content (AvgIpc) is 2.74. The molecule has 0 aliphatic heterocycles. The second kappa shape index (κ2) is 11.4. The fraction of sp³-hybridized carbons (Fsp3) is 0.364. The topological polar surface area (TPSA) is 86.8 Å². The van der Waals surface area contributed by atoms with Gasteiger partial charge in [-0.05, 0) is 43.2 Å². The lowest BCUT2D eigenvalue weighted by Gasteiger charge is -2.32. The lowest BCUT2D eigenvalue weighted by Crippen LogP contribution is -2.52. The van der Waals surface area contributed by atoms with E-state index in [2.05, 4.69) is 5.32 Å². The number of sulfonamides is 1. The number of carbonyl (C=O) groups excluding carboxylic acids is 2. The molecule has 0 aromatic heterocycles. The summed E-state index contributed by atoms with van der Waals surface area (Å²) >= 11 is 5.93. The Kier molecular flexibility index (Phi) is 9.18. The molecule has 11 heteroatoms. The van der Waals surface area contributed by atoms with Gasteiger partial charge in [-0.2, -0.15) is 0 Å². The number of nitrogens with zero attached hydrogens (tertiary/aromatic N) is 2. The maximum Gasteiger partial charge on any atom is 0.244 e. The number of carbonyl (C=O) groups is 2. The minimum Gasteiger partial charge on any atom is -0.355 e. The van der Waals surface area contributed by atoms with Crippen molar-refractivity contribution in [2.75, 3.05) is 23.7 Å². The Balaban J connectivity index is 2.44. The van der Waals surface area contributed by atoms with Crippen LogP contribution in [0.5, 0.6) is 0 Å². The highest BCUT2D eigenvalue weighted by Gasteiger charge is 2.31. The average molecular weight is 502 g/mol. The third kappa shape index (κ3) is 7.13. The Bertz CT molecular complexity index is 1100. The van der Waals surface area contributed by atoms with Crippen LogP contribution in [0.15, 0.2) is 42.5 Å². The molecule has 0 saturated heterocycles. The van der Waals surface area contributed by atoms with Crippen LogP contribution in [0, 0.1) is 11.6 Å². The predicted octanol–water partition coefficient (Wildman–Crippen LogP) is 3.33. The fourth-order valence-electron chi connectivity index (χ4n) is 3.25. The van der Waals surface area contributed by atoms with Crippen molar-refractivity contribution in [3.05, 3.63) is 64.7 Å². The summed E-state index contributed by atoms with van der Waals surface area (Å²) in [4.78, 5) is 27.3. The first-order valence-electron chi connectivity index (χ1n) is 10.2. The highest BCUT2D eigenvalue weighted by molar-refractivity contribution is 7.92. The first-order chi connectivity index (χ1) is 15.5. The molecule has 1 atom stereocenters. The second-order valence-electron chi connectivity index (χ2n) is 7.33. The van der Waals surface area contributed by atoms with Gasteiger partial charge in [0.25, 0.3) is 0 Å². The van der Waals surface area contributed by atoms with E-state index >= 15 is 0 Å². The molecule has 0 saturated carbocycles. The molecule has 1 N–H and O–H groups in total. The fourth-order valence-corrected chi connectivity index (χ4v) is 4.22. The van der Waals surface area contributed by atoms with Crippen LogP contribution in [-0.2, 0) is 26.2 Å². The highest BCUT2D eigenvalue weighted by Crippen LogP contribution is 2.22. The molecule has 33 heavy (non-hydrogen) atoms. The second-order valence-corrected chi connectivity index (χ2v) is 9.68. The van der Waals surface area contributed by atoms with E-state index in [0.717, 1.165) is 18.4 Å². The SMILES string of the molecule is CCNC(=O)[C@@H](CC)N(Cc1ccc(Cl)cc1)C(=O)CN(c1ccc(F)c(F)c1)S(C)(=O)=O. The van der Waals surface area contributed by atoms with Crippen LogP contribution in [0.1, 0.15) is 25.8 Å². The number of likely N-dealkylation sites (N-methyl/N-ethyl adjacent to an activating group) is 1. The van der Waals surface area contributed by atoms with Crippen LogP contribution in [-0.4, -0.2) is 50.5 Å². The van der Waals surface area contributed by atoms with E-state index in [1.807, 2.05) is 0 Å². The van der Waals surface area contributed by atoms with E-state index < -0.39 is 40.2 Å². The molecule has 7 nitrogen and oxygen atoms in total. The van der Waals surface area contributed by atoms with Gasteiger partial charge in [-0.1, -0.05) is 30.7 Å². The van der Waals surface area contributed by atoms with E-state index in [1.54, 1.807) is 38.1 Å². The molecule has 2 aromatic rings. The third-order valence-corrected chi connectivity index (χ3v) is 6.27. The quantitative estimate of drug-likeness (QED) is 0.541. The summed E-state index contributed by atoms with van der Waals surface area (Å²) < 4.78 is 52.6. The van der Waals surface area contributed by atoms with E-state index in [1.165, 1.54) is 4.90 Å². The van der Waals surface area contributed by atoms with Gasteiger partial charge < -0.3 is 10.2 Å². The molecular formula is C22H26ClF2N3O4S. The number of hydrogen-bond acceptors (Lipinski definition) is 4. The number of rotatable bonds is 10. The number of hydrogen-bond donors (Lipinski definition) is 1. The van der Waals surface area contributed by atoms with E-state index in [4.69, 9.17) is 11.6 Å². The van der Waals surface area contributed by atoms with Gasteiger partial charge in [0.05, 0.1) is 11.9 Å². The lowest BCUT2D eigenvalue weighted by atomic mass is 10.1. The minimum atomic E-state index is -4.04.